The third kappa shape index (κ3) is 4.89. The van der Waals surface area contributed by atoms with Gasteiger partial charge in [-0.2, -0.15) is 0 Å². The SMILES string of the molecule is CCC(CC)[C@@H]1C[C@H](NC(=O)Nc2cc(F)ccc2F)CCO1. The van der Waals surface area contributed by atoms with Gasteiger partial charge in [-0.15, -0.1) is 0 Å². The zero-order valence-corrected chi connectivity index (χ0v) is 13.6. The Morgan fingerprint density at radius 3 is 2.78 bits per heavy atom. The number of hydrogen-bond acceptors (Lipinski definition) is 2. The van der Waals surface area contributed by atoms with Crippen molar-refractivity contribution in [2.75, 3.05) is 11.9 Å². The Balaban J connectivity index is 1.90. The number of rotatable bonds is 5. The summed E-state index contributed by atoms with van der Waals surface area (Å²) in [6.07, 6.45) is 3.67. The van der Waals surface area contributed by atoms with Crippen LogP contribution >= 0.6 is 0 Å². The fourth-order valence-corrected chi connectivity index (χ4v) is 3.04. The van der Waals surface area contributed by atoms with Crippen molar-refractivity contribution >= 4 is 11.7 Å². The van der Waals surface area contributed by atoms with Gasteiger partial charge >= 0.3 is 6.03 Å². The second kappa shape index (κ2) is 8.24. The van der Waals surface area contributed by atoms with Gasteiger partial charge in [-0.05, 0) is 30.9 Å². The van der Waals surface area contributed by atoms with Gasteiger partial charge in [0.1, 0.15) is 11.6 Å². The summed E-state index contributed by atoms with van der Waals surface area (Å²) in [6.45, 7) is 4.86. The van der Waals surface area contributed by atoms with E-state index < -0.39 is 17.7 Å². The summed E-state index contributed by atoms with van der Waals surface area (Å²) in [4.78, 5) is 12.0. The number of benzene rings is 1. The molecular formula is C17H24F2N2O2. The topological polar surface area (TPSA) is 50.4 Å². The monoisotopic (exact) mass is 326 g/mol. The summed E-state index contributed by atoms with van der Waals surface area (Å²) in [5.41, 5.74) is -0.161. The van der Waals surface area contributed by atoms with Gasteiger partial charge in [-0.3, -0.25) is 0 Å². The van der Waals surface area contributed by atoms with E-state index in [1.54, 1.807) is 0 Å². The number of nitrogens with one attached hydrogen (secondary N) is 2. The van der Waals surface area contributed by atoms with Crippen molar-refractivity contribution in [1.82, 2.24) is 5.32 Å². The molecule has 2 rings (SSSR count). The lowest BCUT2D eigenvalue weighted by Crippen LogP contribution is -2.45. The average Bonchev–Trinajstić information content (AvgIpc) is 2.52. The lowest BCUT2D eigenvalue weighted by molar-refractivity contribution is -0.0329. The van der Waals surface area contributed by atoms with E-state index in [0.717, 1.165) is 43.9 Å². The first-order valence-corrected chi connectivity index (χ1v) is 8.17. The second-order valence-corrected chi connectivity index (χ2v) is 5.93. The molecule has 0 spiro atoms. The summed E-state index contributed by atoms with van der Waals surface area (Å²) in [6, 6.07) is 2.42. The van der Waals surface area contributed by atoms with Crippen LogP contribution in [0.2, 0.25) is 0 Å². The van der Waals surface area contributed by atoms with E-state index in [2.05, 4.69) is 24.5 Å². The summed E-state index contributed by atoms with van der Waals surface area (Å²) < 4.78 is 32.5. The van der Waals surface area contributed by atoms with Crippen LogP contribution in [0.15, 0.2) is 18.2 Å². The molecule has 23 heavy (non-hydrogen) atoms. The zero-order valence-electron chi connectivity index (χ0n) is 13.6. The molecule has 2 atom stereocenters. The Labute approximate surface area is 135 Å². The molecular weight excluding hydrogens is 302 g/mol. The van der Waals surface area contributed by atoms with Crippen molar-refractivity contribution < 1.29 is 18.3 Å². The van der Waals surface area contributed by atoms with Crippen molar-refractivity contribution in [3.63, 3.8) is 0 Å². The van der Waals surface area contributed by atoms with Crippen LogP contribution in [-0.2, 0) is 4.74 Å². The fraction of sp³-hybridized carbons (Fsp3) is 0.588. The molecule has 128 valence electrons. The van der Waals surface area contributed by atoms with Crippen LogP contribution in [0.1, 0.15) is 39.5 Å². The van der Waals surface area contributed by atoms with Gasteiger partial charge in [0.05, 0.1) is 11.8 Å². The van der Waals surface area contributed by atoms with Crippen LogP contribution < -0.4 is 10.6 Å². The third-order valence-corrected chi connectivity index (χ3v) is 4.40. The molecule has 0 bridgehead atoms. The number of halogens is 2. The van der Waals surface area contributed by atoms with Gasteiger partial charge in [-0.25, -0.2) is 13.6 Å². The van der Waals surface area contributed by atoms with Gasteiger partial charge in [0.15, 0.2) is 0 Å². The molecule has 1 aliphatic rings. The summed E-state index contributed by atoms with van der Waals surface area (Å²) in [5.74, 6) is -0.784. The largest absolute Gasteiger partial charge is 0.378 e. The number of amides is 2. The highest BCUT2D eigenvalue weighted by molar-refractivity contribution is 5.89. The molecule has 2 amide bonds. The van der Waals surface area contributed by atoms with Gasteiger partial charge < -0.3 is 15.4 Å². The predicted octanol–water partition coefficient (Wildman–Crippen LogP) is 4.07. The molecule has 1 aromatic carbocycles. The summed E-state index contributed by atoms with van der Waals surface area (Å²) in [7, 11) is 0. The second-order valence-electron chi connectivity index (χ2n) is 5.93. The molecule has 0 aromatic heterocycles. The van der Waals surface area contributed by atoms with Crippen LogP contribution in [-0.4, -0.2) is 24.8 Å². The lowest BCUT2D eigenvalue weighted by Gasteiger charge is -2.34. The highest BCUT2D eigenvalue weighted by Gasteiger charge is 2.28. The van der Waals surface area contributed by atoms with E-state index in [-0.39, 0.29) is 17.8 Å². The molecule has 1 aromatic rings. The molecule has 0 unspecified atom stereocenters. The molecule has 4 nitrogen and oxygen atoms in total. The Morgan fingerprint density at radius 2 is 2.09 bits per heavy atom. The molecule has 0 radical (unpaired) electrons. The van der Waals surface area contributed by atoms with E-state index in [4.69, 9.17) is 4.74 Å². The van der Waals surface area contributed by atoms with E-state index >= 15 is 0 Å². The summed E-state index contributed by atoms with van der Waals surface area (Å²) in [5, 5.41) is 5.19. The molecule has 2 N–H and O–H groups in total. The quantitative estimate of drug-likeness (QED) is 0.857. The van der Waals surface area contributed by atoms with Crippen molar-refractivity contribution in [2.45, 2.75) is 51.7 Å². The highest BCUT2D eigenvalue weighted by atomic mass is 19.1. The van der Waals surface area contributed by atoms with Crippen LogP contribution in [0, 0.1) is 17.6 Å². The Kier molecular flexibility index (Phi) is 6.33. The number of carbonyl (C=O) groups is 1. The normalized spacial score (nSPS) is 21.3. The molecule has 0 aliphatic carbocycles. The number of ether oxygens (including phenoxy) is 1. The standard InChI is InChI=1S/C17H24F2N2O2/c1-3-11(4-2)16-10-13(7-8-23-16)20-17(22)21-15-9-12(18)5-6-14(15)19/h5-6,9,11,13,16H,3-4,7-8,10H2,1-2H3,(H2,20,21,22)/t13-,16+/m1/s1. The lowest BCUT2D eigenvalue weighted by atomic mass is 9.89. The Morgan fingerprint density at radius 1 is 1.35 bits per heavy atom. The van der Waals surface area contributed by atoms with Crippen molar-refractivity contribution in [3.05, 3.63) is 29.8 Å². The van der Waals surface area contributed by atoms with Gasteiger partial charge in [0.25, 0.3) is 0 Å². The van der Waals surface area contributed by atoms with E-state index in [0.29, 0.717) is 12.5 Å². The highest BCUT2D eigenvalue weighted by Crippen LogP contribution is 2.25. The van der Waals surface area contributed by atoms with Crippen LogP contribution in [0.4, 0.5) is 19.3 Å². The first-order valence-electron chi connectivity index (χ1n) is 8.17. The van der Waals surface area contributed by atoms with E-state index in [1.165, 1.54) is 0 Å². The number of anilines is 1. The molecule has 1 heterocycles. The van der Waals surface area contributed by atoms with Gasteiger partial charge in [0, 0.05) is 18.7 Å². The van der Waals surface area contributed by atoms with E-state index in [9.17, 15) is 13.6 Å². The minimum absolute atomic E-state index is 0.0222. The minimum atomic E-state index is -0.663. The number of urea groups is 1. The maximum atomic E-state index is 13.5. The first kappa shape index (κ1) is 17.7. The third-order valence-electron chi connectivity index (χ3n) is 4.40. The van der Waals surface area contributed by atoms with Crippen molar-refractivity contribution in [1.29, 1.82) is 0 Å². The predicted molar refractivity (Wildman–Crippen MR) is 85.3 cm³/mol. The first-order chi connectivity index (χ1) is 11.0. The smallest absolute Gasteiger partial charge is 0.319 e. The summed E-state index contributed by atoms with van der Waals surface area (Å²) >= 11 is 0. The molecule has 1 saturated heterocycles. The average molecular weight is 326 g/mol. The minimum Gasteiger partial charge on any atom is -0.378 e. The Bertz CT molecular complexity index is 535. The molecule has 1 fully saturated rings. The molecule has 6 heteroatoms. The van der Waals surface area contributed by atoms with Crippen LogP contribution in [0.3, 0.4) is 0 Å². The van der Waals surface area contributed by atoms with E-state index in [1.807, 2.05) is 0 Å². The molecule has 1 aliphatic heterocycles. The Hall–Kier alpha value is -1.69. The van der Waals surface area contributed by atoms with Crippen LogP contribution in [0.25, 0.3) is 0 Å². The number of carbonyl (C=O) groups excluding carboxylic acids is 1. The maximum Gasteiger partial charge on any atom is 0.319 e. The zero-order chi connectivity index (χ0) is 16.8. The van der Waals surface area contributed by atoms with Crippen molar-refractivity contribution in [2.24, 2.45) is 5.92 Å². The van der Waals surface area contributed by atoms with Gasteiger partial charge in [0.2, 0.25) is 0 Å². The fourth-order valence-electron chi connectivity index (χ4n) is 3.04. The van der Waals surface area contributed by atoms with Crippen molar-refractivity contribution in [3.8, 4) is 0 Å². The molecule has 0 saturated carbocycles. The maximum absolute atomic E-state index is 13.5. The van der Waals surface area contributed by atoms with Crippen LogP contribution in [0.5, 0.6) is 0 Å². The number of hydrogen-bond donors (Lipinski definition) is 2. The van der Waals surface area contributed by atoms with Gasteiger partial charge in [-0.1, -0.05) is 26.7 Å².